The lowest BCUT2D eigenvalue weighted by Gasteiger charge is -2.31. The summed E-state index contributed by atoms with van der Waals surface area (Å²) >= 11 is 0. The Balaban J connectivity index is 2.68. The van der Waals surface area contributed by atoms with Crippen LogP contribution in [0.5, 0.6) is 0 Å². The molecule has 0 saturated carbocycles. The molecule has 2 N–H and O–H groups in total. The average molecular weight is 274 g/mol. The van der Waals surface area contributed by atoms with Gasteiger partial charge in [0.15, 0.2) is 0 Å². The minimum absolute atomic E-state index is 0.146. The second-order valence-electron chi connectivity index (χ2n) is 5.57. The molecule has 1 heterocycles. The molecule has 0 bridgehead atoms. The Morgan fingerprint density at radius 2 is 2.05 bits per heavy atom. The van der Waals surface area contributed by atoms with Gasteiger partial charge in [0.1, 0.15) is 5.60 Å². The summed E-state index contributed by atoms with van der Waals surface area (Å²) in [6, 6.07) is -0.238. The Kier molecular flexibility index (Phi) is 4.99. The van der Waals surface area contributed by atoms with E-state index in [4.69, 9.17) is 14.9 Å². The summed E-state index contributed by atoms with van der Waals surface area (Å²) in [6.45, 7) is 5.91. The van der Waals surface area contributed by atoms with Crippen LogP contribution in [0.2, 0.25) is 0 Å². The summed E-state index contributed by atoms with van der Waals surface area (Å²) in [4.78, 5) is 25.6. The molecule has 0 spiro atoms. The smallest absolute Gasteiger partial charge is 0.410 e. The molecule has 1 saturated heterocycles. The highest BCUT2D eigenvalue weighted by molar-refractivity contribution is 5.69. The maximum atomic E-state index is 12.0. The molecule has 0 aliphatic carbocycles. The second kappa shape index (κ2) is 6.10. The number of ether oxygens (including phenoxy) is 1. The third kappa shape index (κ3) is 4.59. The van der Waals surface area contributed by atoms with Crippen LogP contribution in [0.25, 0.3) is 0 Å². The molecule has 0 unspecified atom stereocenters. The third-order valence-electron chi connectivity index (χ3n) is 2.84. The second-order valence-corrected chi connectivity index (χ2v) is 5.57. The van der Waals surface area contributed by atoms with Crippen molar-refractivity contribution in [1.82, 2.24) is 9.80 Å². The van der Waals surface area contributed by atoms with E-state index in [1.165, 1.54) is 9.80 Å². The van der Waals surface area contributed by atoms with Gasteiger partial charge < -0.3 is 24.7 Å². The SMILES string of the molecule is CC(C)(C)OC(=O)N(CCO)[C@H]1CCN(C(=O)O)C1. The molecular weight excluding hydrogens is 252 g/mol. The van der Waals surface area contributed by atoms with Crippen LogP contribution in [-0.4, -0.2) is 70.1 Å². The highest BCUT2D eigenvalue weighted by atomic mass is 16.6. The van der Waals surface area contributed by atoms with Crippen molar-refractivity contribution in [3.05, 3.63) is 0 Å². The van der Waals surface area contributed by atoms with Gasteiger partial charge in [0, 0.05) is 19.6 Å². The Hall–Kier alpha value is -1.50. The van der Waals surface area contributed by atoms with Gasteiger partial charge in [0.05, 0.1) is 12.6 Å². The van der Waals surface area contributed by atoms with Gasteiger partial charge in [0.25, 0.3) is 0 Å². The van der Waals surface area contributed by atoms with Crippen molar-refractivity contribution in [2.45, 2.75) is 38.8 Å². The average Bonchev–Trinajstić information content (AvgIpc) is 2.72. The fourth-order valence-corrected chi connectivity index (χ4v) is 2.02. The molecule has 7 nitrogen and oxygen atoms in total. The number of nitrogens with zero attached hydrogens (tertiary/aromatic N) is 2. The van der Waals surface area contributed by atoms with E-state index in [-0.39, 0.29) is 25.7 Å². The van der Waals surface area contributed by atoms with Gasteiger partial charge in [-0.3, -0.25) is 0 Å². The van der Waals surface area contributed by atoms with Crippen molar-refractivity contribution in [3.63, 3.8) is 0 Å². The lowest BCUT2D eigenvalue weighted by atomic mass is 10.2. The Morgan fingerprint density at radius 1 is 1.42 bits per heavy atom. The number of carboxylic acid groups (broad SMARTS) is 1. The minimum Gasteiger partial charge on any atom is -0.465 e. The number of hydrogen-bond donors (Lipinski definition) is 2. The van der Waals surface area contributed by atoms with Gasteiger partial charge in [-0.2, -0.15) is 0 Å². The largest absolute Gasteiger partial charge is 0.465 e. The number of aliphatic hydroxyl groups is 1. The van der Waals surface area contributed by atoms with Gasteiger partial charge in [-0.05, 0) is 27.2 Å². The molecule has 19 heavy (non-hydrogen) atoms. The first kappa shape index (κ1) is 15.6. The van der Waals surface area contributed by atoms with E-state index in [2.05, 4.69) is 0 Å². The molecule has 110 valence electrons. The van der Waals surface area contributed by atoms with Crippen LogP contribution in [0, 0.1) is 0 Å². The first-order valence-corrected chi connectivity index (χ1v) is 6.33. The molecule has 1 fully saturated rings. The Labute approximate surface area is 112 Å². The van der Waals surface area contributed by atoms with Crippen molar-refractivity contribution in [2.24, 2.45) is 0 Å². The maximum absolute atomic E-state index is 12.0. The lowest BCUT2D eigenvalue weighted by Crippen LogP contribution is -2.46. The molecule has 0 radical (unpaired) electrons. The molecule has 0 aromatic heterocycles. The van der Waals surface area contributed by atoms with Crippen molar-refractivity contribution in [3.8, 4) is 0 Å². The lowest BCUT2D eigenvalue weighted by molar-refractivity contribution is 0.0131. The zero-order chi connectivity index (χ0) is 14.6. The van der Waals surface area contributed by atoms with E-state index in [9.17, 15) is 9.59 Å². The van der Waals surface area contributed by atoms with E-state index in [1.807, 2.05) is 0 Å². The van der Waals surface area contributed by atoms with Gasteiger partial charge in [-0.15, -0.1) is 0 Å². The van der Waals surface area contributed by atoms with Crippen molar-refractivity contribution < 1.29 is 24.5 Å². The van der Waals surface area contributed by atoms with E-state index < -0.39 is 17.8 Å². The summed E-state index contributed by atoms with van der Waals surface area (Å²) in [5.41, 5.74) is -0.615. The molecule has 7 heteroatoms. The molecule has 0 aromatic rings. The van der Waals surface area contributed by atoms with Gasteiger partial charge >= 0.3 is 12.2 Å². The van der Waals surface area contributed by atoms with E-state index in [0.29, 0.717) is 13.0 Å². The third-order valence-corrected chi connectivity index (χ3v) is 2.84. The Bertz CT molecular complexity index is 340. The quantitative estimate of drug-likeness (QED) is 0.800. The van der Waals surface area contributed by atoms with Gasteiger partial charge in [0.2, 0.25) is 0 Å². The highest BCUT2D eigenvalue weighted by Gasteiger charge is 2.34. The highest BCUT2D eigenvalue weighted by Crippen LogP contribution is 2.18. The maximum Gasteiger partial charge on any atom is 0.410 e. The Morgan fingerprint density at radius 3 is 2.47 bits per heavy atom. The van der Waals surface area contributed by atoms with Crippen LogP contribution in [0.3, 0.4) is 0 Å². The van der Waals surface area contributed by atoms with Crippen LogP contribution in [0.4, 0.5) is 9.59 Å². The van der Waals surface area contributed by atoms with Gasteiger partial charge in [-0.25, -0.2) is 9.59 Å². The van der Waals surface area contributed by atoms with E-state index in [0.717, 1.165) is 0 Å². The van der Waals surface area contributed by atoms with Crippen LogP contribution in [0.15, 0.2) is 0 Å². The van der Waals surface area contributed by atoms with Crippen LogP contribution < -0.4 is 0 Å². The minimum atomic E-state index is -0.990. The molecule has 1 aliphatic heterocycles. The summed E-state index contributed by atoms with van der Waals surface area (Å²) in [5, 5.41) is 17.9. The van der Waals surface area contributed by atoms with Crippen LogP contribution in [0.1, 0.15) is 27.2 Å². The molecular formula is C12H22N2O5. The number of amides is 2. The number of aliphatic hydroxyl groups excluding tert-OH is 1. The first-order valence-electron chi connectivity index (χ1n) is 6.33. The predicted molar refractivity (Wildman–Crippen MR) is 68.0 cm³/mol. The van der Waals surface area contributed by atoms with Crippen LogP contribution >= 0.6 is 0 Å². The number of carbonyl (C=O) groups excluding carboxylic acids is 1. The first-order chi connectivity index (χ1) is 8.74. The zero-order valence-electron chi connectivity index (χ0n) is 11.6. The standard InChI is InChI=1S/C12H22N2O5/c1-12(2,3)19-11(18)14(6-7-15)9-4-5-13(8-9)10(16)17/h9,15H,4-8H2,1-3H3,(H,16,17)/t9-/m0/s1. The van der Waals surface area contributed by atoms with Crippen LogP contribution in [-0.2, 0) is 4.74 Å². The van der Waals surface area contributed by atoms with E-state index >= 15 is 0 Å². The summed E-state index contributed by atoms with van der Waals surface area (Å²) in [5.74, 6) is 0. The number of hydrogen-bond acceptors (Lipinski definition) is 4. The predicted octanol–water partition coefficient (Wildman–Crippen LogP) is 0.968. The monoisotopic (exact) mass is 274 g/mol. The fraction of sp³-hybridized carbons (Fsp3) is 0.833. The number of carbonyl (C=O) groups is 2. The molecule has 0 aromatic carbocycles. The molecule has 1 atom stereocenters. The fourth-order valence-electron chi connectivity index (χ4n) is 2.02. The van der Waals surface area contributed by atoms with Crippen molar-refractivity contribution in [2.75, 3.05) is 26.2 Å². The van der Waals surface area contributed by atoms with E-state index in [1.54, 1.807) is 20.8 Å². The topological polar surface area (TPSA) is 90.3 Å². The number of likely N-dealkylation sites (tertiary alicyclic amines) is 1. The number of rotatable bonds is 3. The zero-order valence-corrected chi connectivity index (χ0v) is 11.6. The summed E-state index contributed by atoms with van der Waals surface area (Å²) < 4.78 is 5.27. The summed E-state index contributed by atoms with van der Waals surface area (Å²) in [7, 11) is 0. The van der Waals surface area contributed by atoms with Crippen molar-refractivity contribution in [1.29, 1.82) is 0 Å². The molecule has 1 rings (SSSR count). The summed E-state index contributed by atoms with van der Waals surface area (Å²) in [6.07, 6.45) is -0.944. The van der Waals surface area contributed by atoms with Gasteiger partial charge in [-0.1, -0.05) is 0 Å². The van der Waals surface area contributed by atoms with Crippen molar-refractivity contribution >= 4 is 12.2 Å². The molecule has 1 aliphatic rings. The molecule has 2 amide bonds. The normalized spacial score (nSPS) is 19.4.